The molecule has 1 amide bonds. The molecule has 1 saturated heterocycles. The van der Waals surface area contributed by atoms with Crippen LogP contribution in [-0.4, -0.2) is 29.6 Å². The molecule has 3 nitrogen and oxygen atoms in total. The topological polar surface area (TPSA) is 33.5 Å². The van der Waals surface area contributed by atoms with Crippen LogP contribution in [0.3, 0.4) is 0 Å². The molecule has 1 aromatic heterocycles. The average molecular weight is 369 g/mol. The summed E-state index contributed by atoms with van der Waals surface area (Å²) in [6, 6.07) is 8.59. The van der Waals surface area contributed by atoms with E-state index in [0.29, 0.717) is 18.7 Å². The second-order valence-electron chi connectivity index (χ2n) is 5.92. The number of rotatable bonds is 3. The van der Waals surface area contributed by atoms with Gasteiger partial charge in [-0.1, -0.05) is 12.1 Å². The summed E-state index contributed by atoms with van der Waals surface area (Å²) in [6.45, 7) is 1.26. The predicted molar refractivity (Wildman–Crippen MR) is 90.3 cm³/mol. The Kier molecular flexibility index (Phi) is 5.42. The quantitative estimate of drug-likeness (QED) is 0.796. The highest BCUT2D eigenvalue weighted by molar-refractivity contribution is 7.99. The van der Waals surface area contributed by atoms with Crippen LogP contribution < -0.4 is 0 Å². The van der Waals surface area contributed by atoms with Gasteiger partial charge in [-0.3, -0.25) is 4.79 Å². The zero-order valence-electron chi connectivity index (χ0n) is 13.5. The molecule has 7 heteroatoms. The molecule has 2 heterocycles. The third kappa shape index (κ3) is 4.60. The van der Waals surface area contributed by atoms with E-state index in [-0.39, 0.29) is 17.6 Å². The van der Waals surface area contributed by atoms with Crippen molar-refractivity contribution in [2.75, 3.05) is 18.8 Å². The number of halogens is 3. The molecule has 1 aromatic carbocycles. The summed E-state index contributed by atoms with van der Waals surface area (Å²) < 4.78 is 43.2. The van der Waals surface area contributed by atoms with Crippen LogP contribution >= 0.6 is 11.8 Å². The first-order valence-corrected chi connectivity index (χ1v) is 9.07. The van der Waals surface area contributed by atoms with E-state index in [1.807, 2.05) is 12.1 Å². The van der Waals surface area contributed by atoms with E-state index >= 15 is 0 Å². The molecule has 1 fully saturated rings. The molecule has 2 aromatic rings. The number of hydrogen-bond donors (Lipinski definition) is 0. The van der Waals surface area contributed by atoms with Gasteiger partial charge in [-0.05, 0) is 36.2 Å². The van der Waals surface area contributed by atoms with Gasteiger partial charge in [-0.25, -0.2) is 0 Å². The van der Waals surface area contributed by atoms with Gasteiger partial charge in [-0.15, -0.1) is 11.8 Å². The Hall–Kier alpha value is -1.89. The molecule has 3 rings (SSSR count). The molecule has 0 saturated carbocycles. The van der Waals surface area contributed by atoms with E-state index in [1.165, 1.54) is 12.1 Å². The highest BCUT2D eigenvalue weighted by Crippen LogP contribution is 2.34. The Labute approximate surface area is 148 Å². The second kappa shape index (κ2) is 7.56. The number of nitrogens with zero attached hydrogens (tertiary/aromatic N) is 1. The number of amides is 1. The van der Waals surface area contributed by atoms with Gasteiger partial charge in [0.05, 0.1) is 23.5 Å². The van der Waals surface area contributed by atoms with Crippen LogP contribution in [0, 0.1) is 0 Å². The van der Waals surface area contributed by atoms with Crippen LogP contribution in [0.4, 0.5) is 13.2 Å². The minimum atomic E-state index is -4.36. The van der Waals surface area contributed by atoms with Crippen LogP contribution in [0.1, 0.15) is 28.6 Å². The van der Waals surface area contributed by atoms with Crippen LogP contribution in [-0.2, 0) is 17.4 Å². The lowest BCUT2D eigenvalue weighted by Gasteiger charge is -2.20. The molecule has 1 aliphatic heterocycles. The van der Waals surface area contributed by atoms with Crippen molar-refractivity contribution in [1.29, 1.82) is 0 Å². The third-order valence-corrected chi connectivity index (χ3v) is 5.48. The molecule has 134 valence electrons. The summed E-state index contributed by atoms with van der Waals surface area (Å²) in [7, 11) is 0. The lowest BCUT2D eigenvalue weighted by molar-refractivity contribution is -0.137. The van der Waals surface area contributed by atoms with Crippen molar-refractivity contribution in [3.8, 4) is 0 Å². The maximum atomic E-state index is 12.6. The summed E-state index contributed by atoms with van der Waals surface area (Å²) in [5, 5.41) is 0.235. The SMILES string of the molecule is O=C(Cc1ccc(C(F)(F)F)cc1)N1CCS[C@H](c2ccco2)CC1. The van der Waals surface area contributed by atoms with Gasteiger partial charge in [0, 0.05) is 18.8 Å². The van der Waals surface area contributed by atoms with Gasteiger partial charge in [0.1, 0.15) is 5.76 Å². The van der Waals surface area contributed by atoms with Crippen LogP contribution in [0.5, 0.6) is 0 Å². The first-order chi connectivity index (χ1) is 11.9. The highest BCUT2D eigenvalue weighted by Gasteiger charge is 2.30. The first-order valence-electron chi connectivity index (χ1n) is 8.02. The zero-order valence-corrected chi connectivity index (χ0v) is 14.3. The lowest BCUT2D eigenvalue weighted by atomic mass is 10.1. The number of hydrogen-bond acceptors (Lipinski definition) is 3. The summed E-state index contributed by atoms with van der Waals surface area (Å²) in [5.74, 6) is 1.67. The van der Waals surface area contributed by atoms with E-state index in [2.05, 4.69) is 0 Å². The van der Waals surface area contributed by atoms with Crippen molar-refractivity contribution in [2.24, 2.45) is 0 Å². The summed E-state index contributed by atoms with van der Waals surface area (Å²) in [4.78, 5) is 14.3. The van der Waals surface area contributed by atoms with Gasteiger partial charge < -0.3 is 9.32 Å². The summed E-state index contributed by atoms with van der Waals surface area (Å²) in [6.07, 6.45) is -1.79. The maximum absolute atomic E-state index is 12.6. The smallest absolute Gasteiger partial charge is 0.416 e. The average Bonchev–Trinajstić information content (AvgIpc) is 2.99. The van der Waals surface area contributed by atoms with Gasteiger partial charge >= 0.3 is 6.18 Å². The molecular formula is C18H18F3NO2S. The summed E-state index contributed by atoms with van der Waals surface area (Å²) in [5.41, 5.74) is -0.103. The predicted octanol–water partition coefficient (Wildman–Crippen LogP) is 4.55. The largest absolute Gasteiger partial charge is 0.468 e. The van der Waals surface area contributed by atoms with Gasteiger partial charge in [-0.2, -0.15) is 13.2 Å². The molecule has 0 aliphatic carbocycles. The van der Waals surface area contributed by atoms with Crippen molar-refractivity contribution < 1.29 is 22.4 Å². The normalized spacial score (nSPS) is 18.8. The molecule has 1 atom stereocenters. The summed E-state index contributed by atoms with van der Waals surface area (Å²) >= 11 is 1.76. The van der Waals surface area contributed by atoms with Crippen molar-refractivity contribution >= 4 is 17.7 Å². The Morgan fingerprint density at radius 3 is 2.60 bits per heavy atom. The van der Waals surface area contributed by atoms with Crippen LogP contribution in [0.15, 0.2) is 47.1 Å². The molecule has 0 N–H and O–H groups in total. The number of carbonyl (C=O) groups is 1. The van der Waals surface area contributed by atoms with E-state index < -0.39 is 11.7 Å². The monoisotopic (exact) mass is 369 g/mol. The Morgan fingerprint density at radius 2 is 1.96 bits per heavy atom. The first kappa shape index (κ1) is 17.9. The fourth-order valence-corrected chi connectivity index (χ4v) is 4.00. The third-order valence-electron chi connectivity index (χ3n) is 4.19. The molecule has 0 unspecified atom stereocenters. The molecular weight excluding hydrogens is 351 g/mol. The minimum absolute atomic E-state index is 0.0551. The number of thioether (sulfide) groups is 1. The minimum Gasteiger partial charge on any atom is -0.468 e. The highest BCUT2D eigenvalue weighted by atomic mass is 32.2. The van der Waals surface area contributed by atoms with Gasteiger partial charge in [0.2, 0.25) is 5.91 Å². The second-order valence-corrected chi connectivity index (χ2v) is 7.23. The van der Waals surface area contributed by atoms with Crippen LogP contribution in [0.2, 0.25) is 0 Å². The number of carbonyl (C=O) groups excluding carboxylic acids is 1. The molecule has 0 bridgehead atoms. The van der Waals surface area contributed by atoms with E-state index in [1.54, 1.807) is 22.9 Å². The Balaban J connectivity index is 1.58. The van der Waals surface area contributed by atoms with Gasteiger partial charge in [0.25, 0.3) is 0 Å². The maximum Gasteiger partial charge on any atom is 0.416 e. The lowest BCUT2D eigenvalue weighted by Crippen LogP contribution is -2.34. The van der Waals surface area contributed by atoms with Gasteiger partial charge in [0.15, 0.2) is 0 Å². The fourth-order valence-electron chi connectivity index (χ4n) is 2.82. The Morgan fingerprint density at radius 1 is 1.20 bits per heavy atom. The van der Waals surface area contributed by atoms with Crippen molar-refractivity contribution in [3.05, 3.63) is 59.5 Å². The number of alkyl halides is 3. The van der Waals surface area contributed by atoms with E-state index in [0.717, 1.165) is 30.1 Å². The molecule has 25 heavy (non-hydrogen) atoms. The Bertz CT molecular complexity index is 698. The fraction of sp³-hybridized carbons (Fsp3) is 0.389. The molecule has 1 aliphatic rings. The van der Waals surface area contributed by atoms with Crippen molar-refractivity contribution in [3.63, 3.8) is 0 Å². The van der Waals surface area contributed by atoms with Crippen molar-refractivity contribution in [2.45, 2.75) is 24.3 Å². The van der Waals surface area contributed by atoms with E-state index in [9.17, 15) is 18.0 Å². The zero-order chi connectivity index (χ0) is 17.9. The van der Waals surface area contributed by atoms with E-state index in [4.69, 9.17) is 4.42 Å². The molecule has 0 radical (unpaired) electrons. The number of furan rings is 1. The van der Waals surface area contributed by atoms with Crippen molar-refractivity contribution in [1.82, 2.24) is 4.90 Å². The molecule has 0 spiro atoms. The number of benzene rings is 1. The standard InChI is InChI=1S/C18H18F3NO2S/c19-18(20,21)14-5-3-13(4-6-14)12-17(23)22-8-7-16(25-11-9-22)15-2-1-10-24-15/h1-6,10,16H,7-9,11-12H2/t16-/m0/s1. The van der Waals surface area contributed by atoms with Crippen LogP contribution in [0.25, 0.3) is 0 Å².